The van der Waals surface area contributed by atoms with E-state index in [0.717, 1.165) is 6.07 Å². The highest BCUT2D eigenvalue weighted by Gasteiger charge is 2.22. The number of H-pyrrole nitrogens is 1. The molecular formula is C19H18FN5O6. The van der Waals surface area contributed by atoms with E-state index in [1.807, 2.05) is 0 Å². The summed E-state index contributed by atoms with van der Waals surface area (Å²) in [6, 6.07) is 2.19. The van der Waals surface area contributed by atoms with Crippen LogP contribution in [0.1, 0.15) is 34.3 Å². The molecule has 2 aromatic heterocycles. The van der Waals surface area contributed by atoms with E-state index in [2.05, 4.69) is 20.3 Å². The lowest BCUT2D eigenvalue weighted by atomic mass is 10.0. The van der Waals surface area contributed by atoms with E-state index < -0.39 is 36.1 Å². The van der Waals surface area contributed by atoms with Gasteiger partial charge in [-0.1, -0.05) is 6.07 Å². The number of aromatic amines is 1. The predicted octanol–water partition coefficient (Wildman–Crippen LogP) is 1.02. The molecule has 3 rings (SSSR count). The number of amides is 1. The molecule has 1 atom stereocenters. The summed E-state index contributed by atoms with van der Waals surface area (Å²) in [4.78, 5) is 44.6. The fourth-order valence-electron chi connectivity index (χ4n) is 3.04. The first kappa shape index (κ1) is 21.5. The molecule has 2 heterocycles. The lowest BCUT2D eigenvalue weighted by Crippen LogP contribution is -2.41. The van der Waals surface area contributed by atoms with Crippen molar-refractivity contribution in [3.05, 3.63) is 46.9 Å². The van der Waals surface area contributed by atoms with Crippen molar-refractivity contribution in [1.82, 2.24) is 20.3 Å². The first-order chi connectivity index (χ1) is 14.7. The summed E-state index contributed by atoms with van der Waals surface area (Å²) in [5, 5.41) is 30.3. The number of hydrogen-bond acceptors (Lipinski definition) is 7. The van der Waals surface area contributed by atoms with Gasteiger partial charge in [0.05, 0.1) is 5.39 Å². The van der Waals surface area contributed by atoms with Gasteiger partial charge in [0.15, 0.2) is 0 Å². The van der Waals surface area contributed by atoms with Crippen molar-refractivity contribution < 1.29 is 34.1 Å². The number of anilines is 1. The fourth-order valence-corrected chi connectivity index (χ4v) is 3.04. The molecule has 1 aromatic carbocycles. The number of hydrogen-bond donors (Lipinski definition) is 6. The Labute approximate surface area is 173 Å². The molecule has 0 aliphatic heterocycles. The van der Waals surface area contributed by atoms with E-state index in [1.54, 1.807) is 0 Å². The average molecular weight is 431 g/mol. The molecule has 7 N–H and O–H groups in total. The number of rotatable bonds is 8. The van der Waals surface area contributed by atoms with Crippen LogP contribution in [-0.2, 0) is 16.0 Å². The molecule has 11 nitrogen and oxygen atoms in total. The Morgan fingerprint density at radius 1 is 1.19 bits per heavy atom. The molecule has 0 saturated carbocycles. The van der Waals surface area contributed by atoms with Crippen molar-refractivity contribution in [2.45, 2.75) is 25.3 Å². The fraction of sp³-hybridized carbons (Fsp3) is 0.211. The third-order valence-electron chi connectivity index (χ3n) is 4.56. The molecule has 0 bridgehead atoms. The smallest absolute Gasteiger partial charge is 0.326 e. The van der Waals surface area contributed by atoms with Crippen LogP contribution in [0.15, 0.2) is 24.4 Å². The van der Waals surface area contributed by atoms with Crippen LogP contribution in [-0.4, -0.2) is 54.2 Å². The van der Waals surface area contributed by atoms with Gasteiger partial charge >= 0.3 is 11.9 Å². The normalized spacial score (nSPS) is 11.9. The van der Waals surface area contributed by atoms with Gasteiger partial charge in [-0.25, -0.2) is 9.18 Å². The number of nitrogens with two attached hydrogens (primary N) is 1. The van der Waals surface area contributed by atoms with E-state index >= 15 is 0 Å². The van der Waals surface area contributed by atoms with E-state index in [-0.39, 0.29) is 46.8 Å². The average Bonchev–Trinajstić information content (AvgIpc) is 3.08. The summed E-state index contributed by atoms with van der Waals surface area (Å²) < 4.78 is 14.6. The molecule has 0 aliphatic carbocycles. The lowest BCUT2D eigenvalue weighted by Gasteiger charge is -2.14. The van der Waals surface area contributed by atoms with E-state index in [0.29, 0.717) is 5.56 Å². The Morgan fingerprint density at radius 3 is 2.58 bits per heavy atom. The van der Waals surface area contributed by atoms with Crippen molar-refractivity contribution in [2.75, 3.05) is 5.73 Å². The Kier molecular flexibility index (Phi) is 6.00. The van der Waals surface area contributed by atoms with Gasteiger partial charge in [0.25, 0.3) is 5.91 Å². The number of nitrogen functional groups attached to an aromatic ring is 1. The minimum absolute atomic E-state index is 0.0466. The number of carboxylic acid groups (broad SMARTS) is 2. The van der Waals surface area contributed by atoms with Crippen molar-refractivity contribution in [1.29, 1.82) is 0 Å². The van der Waals surface area contributed by atoms with Crippen LogP contribution in [0, 0.1) is 5.82 Å². The van der Waals surface area contributed by atoms with E-state index in [1.165, 1.54) is 18.3 Å². The maximum atomic E-state index is 14.6. The molecule has 0 aliphatic rings. The van der Waals surface area contributed by atoms with Gasteiger partial charge in [0.2, 0.25) is 11.8 Å². The largest absolute Gasteiger partial charge is 0.493 e. The number of aliphatic carboxylic acids is 2. The van der Waals surface area contributed by atoms with Crippen molar-refractivity contribution in [3.63, 3.8) is 0 Å². The molecule has 3 aromatic rings. The van der Waals surface area contributed by atoms with Crippen molar-refractivity contribution >= 4 is 34.8 Å². The topological polar surface area (TPSA) is 192 Å². The zero-order chi connectivity index (χ0) is 22.7. The van der Waals surface area contributed by atoms with Crippen LogP contribution in [0.4, 0.5) is 10.3 Å². The van der Waals surface area contributed by atoms with Crippen LogP contribution < -0.4 is 11.1 Å². The Morgan fingerprint density at radius 2 is 1.94 bits per heavy atom. The van der Waals surface area contributed by atoms with Gasteiger partial charge in [-0.3, -0.25) is 9.59 Å². The summed E-state index contributed by atoms with van der Waals surface area (Å²) in [6.45, 7) is 0. The summed E-state index contributed by atoms with van der Waals surface area (Å²) in [5.41, 5.74) is 6.35. The molecule has 1 amide bonds. The molecule has 0 saturated heterocycles. The molecule has 0 unspecified atom stereocenters. The van der Waals surface area contributed by atoms with Crippen LogP contribution in [0.25, 0.3) is 11.0 Å². The minimum atomic E-state index is -1.42. The van der Waals surface area contributed by atoms with Crippen LogP contribution in [0.5, 0.6) is 5.88 Å². The minimum Gasteiger partial charge on any atom is -0.493 e. The number of aromatic nitrogens is 3. The molecule has 0 fully saturated rings. The maximum Gasteiger partial charge on any atom is 0.326 e. The molecule has 31 heavy (non-hydrogen) atoms. The number of halogens is 1. The van der Waals surface area contributed by atoms with Gasteiger partial charge in [-0.15, -0.1) is 0 Å². The number of carboxylic acids is 2. The third kappa shape index (κ3) is 4.86. The molecule has 0 radical (unpaired) electrons. The zero-order valence-corrected chi connectivity index (χ0v) is 15.9. The summed E-state index contributed by atoms with van der Waals surface area (Å²) in [7, 11) is 0. The molecule has 162 valence electrons. The SMILES string of the molecule is Nc1nc(O)c2c(Cc3ccc(C(=O)N[C@@H](CCC(=O)O)C(=O)O)cc3F)c[nH]c2n1. The number of carbonyl (C=O) groups excluding carboxylic acids is 1. The highest BCUT2D eigenvalue weighted by Crippen LogP contribution is 2.28. The van der Waals surface area contributed by atoms with Gasteiger partial charge in [0.1, 0.15) is 17.5 Å². The number of carbonyl (C=O) groups is 3. The molecular weight excluding hydrogens is 413 g/mol. The number of benzene rings is 1. The first-order valence-electron chi connectivity index (χ1n) is 9.02. The van der Waals surface area contributed by atoms with Crippen molar-refractivity contribution in [3.8, 4) is 5.88 Å². The number of nitrogens with zero attached hydrogens (tertiary/aromatic N) is 2. The summed E-state index contributed by atoms with van der Waals surface area (Å²) in [6.07, 6.45) is 0.814. The highest BCUT2D eigenvalue weighted by atomic mass is 19.1. The summed E-state index contributed by atoms with van der Waals surface area (Å²) in [5.74, 6) is -4.65. The highest BCUT2D eigenvalue weighted by molar-refractivity contribution is 5.96. The number of nitrogens with one attached hydrogen (secondary N) is 2. The lowest BCUT2D eigenvalue weighted by molar-refractivity contribution is -0.140. The molecule has 0 spiro atoms. The Bertz CT molecular complexity index is 1180. The van der Waals surface area contributed by atoms with Crippen LogP contribution >= 0.6 is 0 Å². The maximum absolute atomic E-state index is 14.6. The first-order valence-corrected chi connectivity index (χ1v) is 9.02. The predicted molar refractivity (Wildman–Crippen MR) is 105 cm³/mol. The van der Waals surface area contributed by atoms with Crippen LogP contribution in [0.2, 0.25) is 0 Å². The van der Waals surface area contributed by atoms with Gasteiger partial charge in [-0.2, -0.15) is 9.97 Å². The Balaban J connectivity index is 1.78. The van der Waals surface area contributed by atoms with E-state index in [4.69, 9.17) is 15.9 Å². The summed E-state index contributed by atoms with van der Waals surface area (Å²) >= 11 is 0. The van der Waals surface area contributed by atoms with E-state index in [9.17, 15) is 23.9 Å². The second kappa shape index (κ2) is 8.65. The zero-order valence-electron chi connectivity index (χ0n) is 15.9. The standard InChI is InChI=1S/C19H18FN5O6/c20-11-6-9(16(28)23-12(18(30)31)3-4-13(26)27)2-1-8(11)5-10-7-22-15-14(10)17(29)25-19(21)24-15/h1-2,6-7,12H,3-5H2,(H,23,28)(H,26,27)(H,30,31)(H4,21,22,24,25,29)/t12-/m0/s1. The van der Waals surface area contributed by atoms with Gasteiger partial charge in [0, 0.05) is 24.6 Å². The van der Waals surface area contributed by atoms with Crippen LogP contribution in [0.3, 0.4) is 0 Å². The number of fused-ring (bicyclic) bond motifs is 1. The third-order valence-corrected chi connectivity index (χ3v) is 4.56. The monoisotopic (exact) mass is 431 g/mol. The number of aromatic hydroxyl groups is 1. The van der Waals surface area contributed by atoms with Crippen molar-refractivity contribution in [2.24, 2.45) is 0 Å². The second-order valence-electron chi connectivity index (χ2n) is 6.72. The second-order valence-corrected chi connectivity index (χ2v) is 6.72. The van der Waals surface area contributed by atoms with Gasteiger partial charge in [-0.05, 0) is 29.7 Å². The molecule has 12 heteroatoms. The Hall–Kier alpha value is -4.22. The quantitative estimate of drug-likeness (QED) is 0.302. The van der Waals surface area contributed by atoms with Gasteiger partial charge < -0.3 is 31.4 Å².